The third-order valence-electron chi connectivity index (χ3n) is 16.9. The largest absolute Gasteiger partial charge is 0.462 e. The highest BCUT2D eigenvalue weighted by Gasteiger charge is 2.19. The number of carbonyl (C=O) groups excluding carboxylic acids is 3. The van der Waals surface area contributed by atoms with Crippen LogP contribution in [0.1, 0.15) is 412 Å². The van der Waals surface area contributed by atoms with Gasteiger partial charge in [-0.25, -0.2) is 0 Å². The molecule has 0 spiro atoms. The number of esters is 3. The molecule has 0 bridgehead atoms. The van der Waals surface area contributed by atoms with E-state index < -0.39 is 6.10 Å². The molecule has 0 aliphatic heterocycles. The van der Waals surface area contributed by atoms with Gasteiger partial charge in [0.25, 0.3) is 0 Å². The van der Waals surface area contributed by atoms with Gasteiger partial charge in [0.2, 0.25) is 0 Å². The molecule has 0 saturated carbocycles. The van der Waals surface area contributed by atoms with E-state index in [4.69, 9.17) is 14.2 Å². The van der Waals surface area contributed by atoms with E-state index in [1.54, 1.807) is 0 Å². The molecule has 6 nitrogen and oxygen atoms in total. The zero-order chi connectivity index (χ0) is 59.2. The summed E-state index contributed by atoms with van der Waals surface area (Å²) in [6, 6.07) is 0. The number of rotatable bonds is 69. The second-order valence-corrected chi connectivity index (χ2v) is 25.2. The fourth-order valence-electron chi connectivity index (χ4n) is 11.3. The highest BCUT2D eigenvalue weighted by Crippen LogP contribution is 2.19. The molecular formula is C76H142O6. The van der Waals surface area contributed by atoms with Crippen LogP contribution in [0.5, 0.6) is 0 Å². The molecule has 0 amide bonds. The van der Waals surface area contributed by atoms with Crippen molar-refractivity contribution in [3.63, 3.8) is 0 Å². The highest BCUT2D eigenvalue weighted by atomic mass is 16.6. The molecule has 1 unspecified atom stereocenters. The van der Waals surface area contributed by atoms with Gasteiger partial charge in [-0.15, -0.1) is 0 Å². The van der Waals surface area contributed by atoms with Crippen molar-refractivity contribution in [2.75, 3.05) is 13.2 Å². The summed E-state index contributed by atoms with van der Waals surface area (Å²) in [6.45, 7) is 6.71. The summed E-state index contributed by atoms with van der Waals surface area (Å²) in [6.07, 6.45) is 88.9. The Hall–Kier alpha value is -2.37. The van der Waals surface area contributed by atoms with Crippen molar-refractivity contribution in [1.82, 2.24) is 0 Å². The number of carbonyl (C=O) groups is 3. The number of allylic oxidation sites excluding steroid dienone is 6. The maximum atomic E-state index is 13.0. The predicted octanol–water partition coefficient (Wildman–Crippen LogP) is 25.5. The molecule has 0 aromatic rings. The van der Waals surface area contributed by atoms with E-state index in [1.807, 2.05) is 0 Å². The minimum absolute atomic E-state index is 0.0715. The second-order valence-electron chi connectivity index (χ2n) is 25.2. The van der Waals surface area contributed by atoms with E-state index in [9.17, 15) is 14.4 Å². The van der Waals surface area contributed by atoms with Crippen molar-refractivity contribution < 1.29 is 28.6 Å². The van der Waals surface area contributed by atoms with Crippen LogP contribution in [0, 0.1) is 0 Å². The topological polar surface area (TPSA) is 78.9 Å². The van der Waals surface area contributed by atoms with Crippen LogP contribution in [0.15, 0.2) is 36.5 Å². The normalized spacial score (nSPS) is 12.2. The Bertz CT molecular complexity index is 1370. The zero-order valence-corrected chi connectivity index (χ0v) is 55.5. The molecule has 0 N–H and O–H groups in total. The molecule has 0 aromatic heterocycles. The maximum absolute atomic E-state index is 13.0. The van der Waals surface area contributed by atoms with Gasteiger partial charge in [-0.05, 0) is 57.8 Å². The van der Waals surface area contributed by atoms with E-state index in [0.717, 1.165) is 77.0 Å². The highest BCUT2D eigenvalue weighted by molar-refractivity contribution is 5.71. The molecule has 1 atom stereocenters. The molecule has 82 heavy (non-hydrogen) atoms. The van der Waals surface area contributed by atoms with Crippen LogP contribution in [-0.4, -0.2) is 37.2 Å². The maximum Gasteiger partial charge on any atom is 0.306 e. The van der Waals surface area contributed by atoms with Crippen LogP contribution in [0.3, 0.4) is 0 Å². The van der Waals surface area contributed by atoms with E-state index in [2.05, 4.69) is 57.2 Å². The summed E-state index contributed by atoms with van der Waals surface area (Å²) in [5.74, 6) is -0.849. The average Bonchev–Trinajstić information content (AvgIpc) is 3.47. The molecule has 0 fully saturated rings. The van der Waals surface area contributed by atoms with Crippen molar-refractivity contribution in [2.24, 2.45) is 0 Å². The third kappa shape index (κ3) is 68.4. The van der Waals surface area contributed by atoms with Crippen LogP contribution >= 0.6 is 0 Å². The van der Waals surface area contributed by atoms with Crippen molar-refractivity contribution in [3.05, 3.63) is 36.5 Å². The first kappa shape index (κ1) is 79.6. The van der Waals surface area contributed by atoms with Gasteiger partial charge in [-0.1, -0.05) is 372 Å². The number of hydrogen-bond donors (Lipinski definition) is 0. The van der Waals surface area contributed by atoms with Crippen LogP contribution in [0.2, 0.25) is 0 Å². The molecule has 0 heterocycles. The molecule has 0 rings (SSSR count). The Morgan fingerprint density at radius 2 is 0.439 bits per heavy atom. The Kier molecular flexibility index (Phi) is 69.1. The van der Waals surface area contributed by atoms with Crippen LogP contribution in [0.25, 0.3) is 0 Å². The van der Waals surface area contributed by atoms with Gasteiger partial charge in [-0.2, -0.15) is 0 Å². The summed E-state index contributed by atoms with van der Waals surface area (Å²) < 4.78 is 17.0. The third-order valence-corrected chi connectivity index (χ3v) is 16.9. The molecular weight excluding hydrogens is 1010 g/mol. The summed E-state index contributed by atoms with van der Waals surface area (Å²) in [7, 11) is 0. The zero-order valence-electron chi connectivity index (χ0n) is 55.5. The van der Waals surface area contributed by atoms with Gasteiger partial charge in [-0.3, -0.25) is 14.4 Å². The fraction of sp³-hybridized carbons (Fsp3) is 0.882. The lowest BCUT2D eigenvalue weighted by molar-refractivity contribution is -0.167. The SMILES string of the molecule is CCCCCCC/C=C\C/C=C\C/C=C\CCCCCCCCC(=O)OC(COC(=O)CCCCCCCCCCCCCCCCCCCCCC)COC(=O)CCCCCCCCCCCCCCCCCCCCCCCCC. The summed E-state index contributed by atoms with van der Waals surface area (Å²) in [5.41, 5.74) is 0. The van der Waals surface area contributed by atoms with Gasteiger partial charge < -0.3 is 14.2 Å². The van der Waals surface area contributed by atoms with Crippen LogP contribution in [-0.2, 0) is 28.6 Å². The minimum Gasteiger partial charge on any atom is -0.462 e. The first-order valence-corrected chi connectivity index (χ1v) is 37.0. The summed E-state index contributed by atoms with van der Waals surface area (Å²) in [5, 5.41) is 0. The molecule has 0 aliphatic rings. The average molecular weight is 1150 g/mol. The van der Waals surface area contributed by atoms with E-state index in [-0.39, 0.29) is 31.1 Å². The van der Waals surface area contributed by atoms with Gasteiger partial charge in [0.15, 0.2) is 6.10 Å². The summed E-state index contributed by atoms with van der Waals surface area (Å²) >= 11 is 0. The predicted molar refractivity (Wildman–Crippen MR) is 358 cm³/mol. The second kappa shape index (κ2) is 71.1. The minimum atomic E-state index is -0.778. The van der Waals surface area contributed by atoms with E-state index in [1.165, 1.54) is 295 Å². The first-order chi connectivity index (χ1) is 40.5. The smallest absolute Gasteiger partial charge is 0.306 e. The van der Waals surface area contributed by atoms with Crippen molar-refractivity contribution >= 4 is 17.9 Å². The number of unbranched alkanes of at least 4 members (excludes halogenated alkanes) is 52. The van der Waals surface area contributed by atoms with Gasteiger partial charge in [0.1, 0.15) is 13.2 Å². The first-order valence-electron chi connectivity index (χ1n) is 37.0. The van der Waals surface area contributed by atoms with Crippen LogP contribution in [0.4, 0.5) is 0 Å². The lowest BCUT2D eigenvalue weighted by Gasteiger charge is -2.18. The van der Waals surface area contributed by atoms with Crippen molar-refractivity contribution in [1.29, 1.82) is 0 Å². The monoisotopic (exact) mass is 1150 g/mol. The van der Waals surface area contributed by atoms with Gasteiger partial charge >= 0.3 is 17.9 Å². The quantitative estimate of drug-likeness (QED) is 0.0261. The molecule has 0 saturated heterocycles. The molecule has 0 aliphatic carbocycles. The Labute approximate surface area is 512 Å². The number of ether oxygens (including phenoxy) is 3. The fourth-order valence-corrected chi connectivity index (χ4v) is 11.3. The van der Waals surface area contributed by atoms with Crippen molar-refractivity contribution in [3.8, 4) is 0 Å². The molecule has 482 valence electrons. The standard InChI is InChI=1S/C76H142O6/c1-4-7-10-13-16-19-22-25-28-31-34-37-38-40-42-45-48-51-54-57-60-63-66-69-75(78)81-72-73(71-80-74(77)68-65-62-59-56-53-50-47-44-41-36-33-30-27-24-21-18-15-12-9-6-3)82-76(79)70-67-64-61-58-55-52-49-46-43-39-35-32-29-26-23-20-17-14-11-8-5-2/h23,26,32,35,43,46,73H,4-22,24-25,27-31,33-34,36-42,44-45,47-72H2,1-3H3/b26-23-,35-32-,46-43-. The Morgan fingerprint density at radius 1 is 0.244 bits per heavy atom. The summed E-state index contributed by atoms with van der Waals surface area (Å²) in [4.78, 5) is 38.5. The molecule has 6 heteroatoms. The number of hydrogen-bond acceptors (Lipinski definition) is 6. The van der Waals surface area contributed by atoms with E-state index in [0.29, 0.717) is 19.3 Å². The Balaban J connectivity index is 4.32. The van der Waals surface area contributed by atoms with Crippen molar-refractivity contribution in [2.45, 2.75) is 419 Å². The lowest BCUT2D eigenvalue weighted by atomic mass is 10.0. The van der Waals surface area contributed by atoms with Gasteiger partial charge in [0, 0.05) is 19.3 Å². The lowest BCUT2D eigenvalue weighted by Crippen LogP contribution is -2.30. The molecule has 0 aromatic carbocycles. The van der Waals surface area contributed by atoms with E-state index >= 15 is 0 Å². The molecule has 0 radical (unpaired) electrons. The van der Waals surface area contributed by atoms with Crippen LogP contribution < -0.4 is 0 Å². The Morgan fingerprint density at radius 3 is 0.683 bits per heavy atom. The van der Waals surface area contributed by atoms with Gasteiger partial charge in [0.05, 0.1) is 0 Å².